The van der Waals surface area contributed by atoms with E-state index in [-0.39, 0.29) is 6.79 Å². The van der Waals surface area contributed by atoms with Crippen molar-refractivity contribution in [3.8, 4) is 17.6 Å². The Morgan fingerprint density at radius 2 is 1.95 bits per heavy atom. The van der Waals surface area contributed by atoms with E-state index in [0.717, 1.165) is 11.1 Å². The van der Waals surface area contributed by atoms with E-state index < -0.39 is 0 Å². The van der Waals surface area contributed by atoms with E-state index in [1.54, 1.807) is 24.3 Å². The van der Waals surface area contributed by atoms with Crippen molar-refractivity contribution in [3.05, 3.63) is 58.6 Å². The fourth-order valence-corrected chi connectivity index (χ4v) is 2.18. The fraction of sp³-hybridized carbons (Fsp3) is 0.0625. The van der Waals surface area contributed by atoms with E-state index >= 15 is 0 Å². The molecule has 0 saturated carbocycles. The summed E-state index contributed by atoms with van der Waals surface area (Å²) in [5.74, 6) is 1.35. The molecule has 0 aliphatic carbocycles. The molecular formula is C16H10ClNO2. The van der Waals surface area contributed by atoms with Crippen LogP contribution in [0.25, 0.3) is 11.6 Å². The number of rotatable bonds is 2. The zero-order chi connectivity index (χ0) is 13.9. The van der Waals surface area contributed by atoms with Gasteiger partial charge in [0.05, 0.1) is 11.6 Å². The van der Waals surface area contributed by atoms with Gasteiger partial charge in [-0.1, -0.05) is 29.8 Å². The first kappa shape index (κ1) is 12.6. The first-order valence-corrected chi connectivity index (χ1v) is 6.42. The Morgan fingerprint density at radius 1 is 1.15 bits per heavy atom. The van der Waals surface area contributed by atoms with Gasteiger partial charge in [-0.15, -0.1) is 0 Å². The highest BCUT2D eigenvalue weighted by Crippen LogP contribution is 2.35. The first-order valence-electron chi connectivity index (χ1n) is 6.04. The number of ether oxygens (including phenoxy) is 2. The molecule has 20 heavy (non-hydrogen) atoms. The summed E-state index contributed by atoms with van der Waals surface area (Å²) >= 11 is 6.11. The van der Waals surface area contributed by atoms with Crippen molar-refractivity contribution in [1.29, 1.82) is 5.26 Å². The third-order valence-electron chi connectivity index (χ3n) is 3.01. The average Bonchev–Trinajstić information content (AvgIpc) is 2.94. The third kappa shape index (κ3) is 2.34. The van der Waals surface area contributed by atoms with Crippen LogP contribution in [0.2, 0.25) is 5.02 Å². The molecule has 1 heterocycles. The van der Waals surface area contributed by atoms with E-state index in [0.29, 0.717) is 22.1 Å². The van der Waals surface area contributed by atoms with Gasteiger partial charge in [0.1, 0.15) is 0 Å². The van der Waals surface area contributed by atoms with Gasteiger partial charge in [-0.05, 0) is 41.5 Å². The van der Waals surface area contributed by atoms with Crippen LogP contribution in [-0.2, 0) is 0 Å². The molecule has 0 radical (unpaired) electrons. The van der Waals surface area contributed by atoms with Crippen LogP contribution >= 0.6 is 11.6 Å². The Kier molecular flexibility index (Phi) is 3.32. The lowest BCUT2D eigenvalue weighted by molar-refractivity contribution is 0.174. The molecular weight excluding hydrogens is 274 g/mol. The second-order valence-electron chi connectivity index (χ2n) is 4.26. The van der Waals surface area contributed by atoms with Crippen molar-refractivity contribution in [2.75, 3.05) is 6.79 Å². The molecule has 0 bridgehead atoms. The summed E-state index contributed by atoms with van der Waals surface area (Å²) < 4.78 is 10.6. The van der Waals surface area contributed by atoms with Gasteiger partial charge in [-0.25, -0.2) is 0 Å². The maximum Gasteiger partial charge on any atom is 0.231 e. The Bertz CT molecular complexity index is 731. The quantitative estimate of drug-likeness (QED) is 0.615. The monoisotopic (exact) mass is 283 g/mol. The van der Waals surface area contributed by atoms with Crippen molar-refractivity contribution in [2.24, 2.45) is 0 Å². The third-order valence-corrected chi connectivity index (χ3v) is 3.35. The summed E-state index contributed by atoms with van der Waals surface area (Å²) in [5.41, 5.74) is 2.11. The normalized spacial score (nSPS) is 13.1. The molecule has 0 fully saturated rings. The van der Waals surface area contributed by atoms with Gasteiger partial charge in [0.15, 0.2) is 11.5 Å². The minimum Gasteiger partial charge on any atom is -0.454 e. The Labute approximate surface area is 121 Å². The molecule has 4 heteroatoms. The number of nitriles is 1. The number of halogens is 1. The van der Waals surface area contributed by atoms with Crippen molar-refractivity contribution >= 4 is 23.3 Å². The smallest absolute Gasteiger partial charge is 0.231 e. The standard InChI is InChI=1S/C16H10ClNO2/c17-14-4-2-1-3-12(14)7-13(9-18)11-5-6-15-16(8-11)20-10-19-15/h1-8H,10H2/b13-7-. The van der Waals surface area contributed by atoms with Gasteiger partial charge in [0.25, 0.3) is 0 Å². The predicted octanol–water partition coefficient (Wildman–Crippen LogP) is 4.13. The van der Waals surface area contributed by atoms with Gasteiger partial charge in [-0.2, -0.15) is 5.26 Å². The van der Waals surface area contributed by atoms with Gasteiger partial charge < -0.3 is 9.47 Å². The lowest BCUT2D eigenvalue weighted by Crippen LogP contribution is -1.92. The molecule has 98 valence electrons. The Morgan fingerprint density at radius 3 is 2.75 bits per heavy atom. The zero-order valence-electron chi connectivity index (χ0n) is 10.5. The molecule has 3 nitrogen and oxygen atoms in total. The van der Waals surface area contributed by atoms with E-state index in [1.807, 2.05) is 24.3 Å². The van der Waals surface area contributed by atoms with Crippen LogP contribution in [0.15, 0.2) is 42.5 Å². The molecule has 0 unspecified atom stereocenters. The molecule has 0 atom stereocenters. The number of allylic oxidation sites excluding steroid dienone is 1. The van der Waals surface area contributed by atoms with Crippen LogP contribution in [0.3, 0.4) is 0 Å². The zero-order valence-corrected chi connectivity index (χ0v) is 11.2. The van der Waals surface area contributed by atoms with Crippen LogP contribution in [0.5, 0.6) is 11.5 Å². The van der Waals surface area contributed by atoms with E-state index in [1.165, 1.54) is 0 Å². The van der Waals surface area contributed by atoms with Crippen molar-refractivity contribution in [3.63, 3.8) is 0 Å². The summed E-state index contributed by atoms with van der Waals surface area (Å²) in [6, 6.07) is 15.0. The number of hydrogen-bond acceptors (Lipinski definition) is 3. The molecule has 0 aromatic heterocycles. The van der Waals surface area contributed by atoms with Crippen molar-refractivity contribution < 1.29 is 9.47 Å². The fourth-order valence-electron chi connectivity index (χ4n) is 1.99. The minimum absolute atomic E-state index is 0.217. The lowest BCUT2D eigenvalue weighted by atomic mass is 10.0. The summed E-state index contributed by atoms with van der Waals surface area (Å²) in [5, 5.41) is 9.96. The average molecular weight is 284 g/mol. The van der Waals surface area contributed by atoms with Crippen molar-refractivity contribution in [1.82, 2.24) is 0 Å². The molecule has 0 spiro atoms. The molecule has 2 aromatic rings. The Balaban J connectivity index is 2.03. The molecule has 0 saturated heterocycles. The van der Waals surface area contributed by atoms with Gasteiger partial charge >= 0.3 is 0 Å². The molecule has 3 rings (SSSR count). The van der Waals surface area contributed by atoms with E-state index in [2.05, 4.69) is 6.07 Å². The topological polar surface area (TPSA) is 42.2 Å². The van der Waals surface area contributed by atoms with Gasteiger partial charge in [0, 0.05) is 5.02 Å². The van der Waals surface area contributed by atoms with Gasteiger partial charge in [-0.3, -0.25) is 0 Å². The Hall–Kier alpha value is -2.44. The van der Waals surface area contributed by atoms with E-state index in [4.69, 9.17) is 21.1 Å². The number of benzene rings is 2. The second-order valence-corrected chi connectivity index (χ2v) is 4.67. The summed E-state index contributed by atoms with van der Waals surface area (Å²) in [6.07, 6.45) is 1.76. The summed E-state index contributed by atoms with van der Waals surface area (Å²) in [7, 11) is 0. The highest BCUT2D eigenvalue weighted by Gasteiger charge is 2.14. The predicted molar refractivity (Wildman–Crippen MR) is 77.5 cm³/mol. The molecule has 2 aromatic carbocycles. The molecule has 0 amide bonds. The highest BCUT2D eigenvalue weighted by atomic mass is 35.5. The molecule has 0 N–H and O–H groups in total. The second kappa shape index (κ2) is 5.28. The summed E-state index contributed by atoms with van der Waals surface area (Å²) in [6.45, 7) is 0.217. The number of fused-ring (bicyclic) bond motifs is 1. The molecule has 1 aliphatic heterocycles. The van der Waals surface area contributed by atoms with Crippen LogP contribution in [0.4, 0.5) is 0 Å². The maximum atomic E-state index is 9.35. The van der Waals surface area contributed by atoms with E-state index in [9.17, 15) is 5.26 Å². The molecule has 1 aliphatic rings. The lowest BCUT2D eigenvalue weighted by Gasteiger charge is -2.03. The minimum atomic E-state index is 0.217. The van der Waals surface area contributed by atoms with Crippen LogP contribution < -0.4 is 9.47 Å². The highest BCUT2D eigenvalue weighted by molar-refractivity contribution is 6.32. The number of nitrogens with zero attached hydrogens (tertiary/aromatic N) is 1. The summed E-state index contributed by atoms with van der Waals surface area (Å²) in [4.78, 5) is 0. The van der Waals surface area contributed by atoms with Crippen LogP contribution in [-0.4, -0.2) is 6.79 Å². The maximum absolute atomic E-state index is 9.35. The van der Waals surface area contributed by atoms with Gasteiger partial charge in [0.2, 0.25) is 6.79 Å². The van der Waals surface area contributed by atoms with Crippen molar-refractivity contribution in [2.45, 2.75) is 0 Å². The van der Waals surface area contributed by atoms with Crippen LogP contribution in [0, 0.1) is 11.3 Å². The number of hydrogen-bond donors (Lipinski definition) is 0. The first-order chi connectivity index (χ1) is 9.78. The largest absolute Gasteiger partial charge is 0.454 e. The van der Waals surface area contributed by atoms with Crippen LogP contribution in [0.1, 0.15) is 11.1 Å². The SMILES string of the molecule is N#C/C(=C/c1ccccc1Cl)c1ccc2c(c1)OCO2.